The third-order valence-corrected chi connectivity index (χ3v) is 5.02. The maximum Gasteiger partial charge on any atom is 0.271 e. The van der Waals surface area contributed by atoms with Gasteiger partial charge in [-0.1, -0.05) is 35.9 Å². The number of fused-ring (bicyclic) bond motifs is 1. The first-order valence-electron chi connectivity index (χ1n) is 8.40. The van der Waals surface area contributed by atoms with E-state index in [1.54, 1.807) is 0 Å². The van der Waals surface area contributed by atoms with Gasteiger partial charge < -0.3 is 9.88 Å². The summed E-state index contributed by atoms with van der Waals surface area (Å²) < 4.78 is 0. The minimum Gasteiger partial charge on any atom is -0.349 e. The molecule has 0 atom stereocenters. The first kappa shape index (κ1) is 16.1. The van der Waals surface area contributed by atoms with E-state index in [1.807, 2.05) is 53.6 Å². The molecule has 0 radical (unpaired) electrons. The van der Waals surface area contributed by atoms with Crippen LogP contribution in [0.3, 0.4) is 0 Å². The Kier molecular flexibility index (Phi) is 4.42. The molecule has 3 aromatic rings. The van der Waals surface area contributed by atoms with Gasteiger partial charge in [-0.15, -0.1) is 0 Å². The summed E-state index contributed by atoms with van der Waals surface area (Å²) in [7, 11) is 0. The Morgan fingerprint density at radius 3 is 2.56 bits per heavy atom. The quantitative estimate of drug-likeness (QED) is 0.786. The molecule has 2 aromatic heterocycles. The fraction of sp³-hybridized carbons (Fsp3) is 0.263. The predicted octanol–water partition coefficient (Wildman–Crippen LogP) is 3.17. The lowest BCUT2D eigenvalue weighted by Gasteiger charge is -2.34. The maximum absolute atomic E-state index is 12.8. The largest absolute Gasteiger partial charge is 0.349 e. The van der Waals surface area contributed by atoms with Crippen molar-refractivity contribution in [2.45, 2.75) is 6.54 Å². The van der Waals surface area contributed by atoms with Gasteiger partial charge in [0.1, 0.15) is 5.69 Å². The van der Waals surface area contributed by atoms with Crippen LogP contribution in [0.15, 0.2) is 48.7 Å². The summed E-state index contributed by atoms with van der Waals surface area (Å²) in [4.78, 5) is 24.6. The average Bonchev–Trinajstić information content (AvgIpc) is 3.00. The number of pyridine rings is 1. The Morgan fingerprint density at radius 2 is 1.84 bits per heavy atom. The third kappa shape index (κ3) is 3.25. The van der Waals surface area contributed by atoms with Crippen LogP contribution in [0, 0.1) is 0 Å². The van der Waals surface area contributed by atoms with Gasteiger partial charge in [0.15, 0.2) is 0 Å². The van der Waals surface area contributed by atoms with Crippen molar-refractivity contribution in [1.82, 2.24) is 19.8 Å². The van der Waals surface area contributed by atoms with Crippen LogP contribution < -0.4 is 0 Å². The number of amides is 1. The van der Waals surface area contributed by atoms with E-state index >= 15 is 0 Å². The molecule has 3 heterocycles. The molecule has 1 amide bonds. The number of carbonyl (C=O) groups excluding carboxylic acids is 1. The van der Waals surface area contributed by atoms with E-state index in [4.69, 9.17) is 11.6 Å². The highest BCUT2D eigenvalue weighted by Gasteiger charge is 2.25. The fourth-order valence-electron chi connectivity index (χ4n) is 3.24. The second-order valence-electron chi connectivity index (χ2n) is 6.25. The monoisotopic (exact) mass is 354 g/mol. The molecule has 0 bridgehead atoms. The average molecular weight is 355 g/mol. The summed E-state index contributed by atoms with van der Waals surface area (Å²) >= 11 is 6.41. The Labute approximate surface area is 151 Å². The number of halogens is 1. The lowest BCUT2D eigenvalue weighted by atomic mass is 10.2. The zero-order chi connectivity index (χ0) is 17.2. The van der Waals surface area contributed by atoms with Crippen molar-refractivity contribution in [2.75, 3.05) is 26.2 Å². The Balaban J connectivity index is 1.43. The predicted molar refractivity (Wildman–Crippen MR) is 98.7 cm³/mol. The van der Waals surface area contributed by atoms with Crippen LogP contribution >= 0.6 is 11.6 Å². The van der Waals surface area contributed by atoms with Gasteiger partial charge in [-0.2, -0.15) is 0 Å². The van der Waals surface area contributed by atoms with Gasteiger partial charge in [0, 0.05) is 49.8 Å². The number of benzene rings is 1. The van der Waals surface area contributed by atoms with E-state index in [9.17, 15) is 4.79 Å². The first-order valence-corrected chi connectivity index (χ1v) is 8.78. The van der Waals surface area contributed by atoms with E-state index < -0.39 is 0 Å². The Bertz CT molecular complexity index is 885. The molecule has 1 aromatic carbocycles. The van der Waals surface area contributed by atoms with E-state index in [0.29, 0.717) is 23.8 Å². The number of aromatic nitrogens is 2. The summed E-state index contributed by atoms with van der Waals surface area (Å²) in [5.41, 5.74) is 2.44. The lowest BCUT2D eigenvalue weighted by Crippen LogP contribution is -2.48. The van der Waals surface area contributed by atoms with Gasteiger partial charge in [0.05, 0.1) is 10.7 Å². The minimum absolute atomic E-state index is 0.0290. The fourth-order valence-corrected chi connectivity index (χ4v) is 3.54. The smallest absolute Gasteiger partial charge is 0.271 e. The van der Waals surface area contributed by atoms with Crippen molar-refractivity contribution in [3.8, 4) is 0 Å². The third-order valence-electron chi connectivity index (χ3n) is 4.63. The number of rotatable bonds is 3. The second kappa shape index (κ2) is 6.86. The number of aromatic amines is 1. The number of hydrogen-bond donors (Lipinski definition) is 1. The van der Waals surface area contributed by atoms with Crippen molar-refractivity contribution in [2.24, 2.45) is 0 Å². The van der Waals surface area contributed by atoms with Crippen LogP contribution in [0.2, 0.25) is 5.02 Å². The van der Waals surface area contributed by atoms with Crippen LogP contribution in [-0.2, 0) is 6.54 Å². The second-order valence-corrected chi connectivity index (χ2v) is 6.63. The van der Waals surface area contributed by atoms with Crippen LogP contribution in [-0.4, -0.2) is 51.9 Å². The summed E-state index contributed by atoms with van der Waals surface area (Å²) in [6.45, 7) is 3.87. The summed E-state index contributed by atoms with van der Waals surface area (Å²) in [5, 5.41) is 1.40. The van der Waals surface area contributed by atoms with Crippen molar-refractivity contribution < 1.29 is 4.79 Å². The number of para-hydroxylation sites is 1. The highest BCUT2D eigenvalue weighted by molar-refractivity contribution is 6.38. The summed E-state index contributed by atoms with van der Waals surface area (Å²) in [5.74, 6) is -0.0290. The highest BCUT2D eigenvalue weighted by Crippen LogP contribution is 2.28. The number of H-pyrrole nitrogens is 1. The number of piperazine rings is 1. The molecule has 0 saturated carbocycles. The molecule has 6 heteroatoms. The van der Waals surface area contributed by atoms with Crippen molar-refractivity contribution in [3.05, 3.63) is 65.1 Å². The van der Waals surface area contributed by atoms with Crippen molar-refractivity contribution in [3.63, 3.8) is 0 Å². The number of hydrogen-bond acceptors (Lipinski definition) is 3. The molecule has 1 aliphatic rings. The van der Waals surface area contributed by atoms with Gasteiger partial charge in [-0.05, 0) is 18.2 Å². The van der Waals surface area contributed by atoms with Gasteiger partial charge in [0.2, 0.25) is 0 Å². The first-order chi connectivity index (χ1) is 12.2. The van der Waals surface area contributed by atoms with E-state index in [1.165, 1.54) is 0 Å². The molecule has 5 nitrogen and oxygen atoms in total. The molecule has 1 fully saturated rings. The van der Waals surface area contributed by atoms with Gasteiger partial charge in [0.25, 0.3) is 5.91 Å². The zero-order valence-corrected chi connectivity index (χ0v) is 14.5. The maximum atomic E-state index is 12.8. The van der Waals surface area contributed by atoms with Crippen LogP contribution in [0.5, 0.6) is 0 Å². The molecule has 0 spiro atoms. The molecule has 4 rings (SSSR count). The summed E-state index contributed by atoms with van der Waals surface area (Å²) in [6, 6.07) is 13.7. The summed E-state index contributed by atoms with van der Waals surface area (Å²) in [6.07, 6.45) is 1.81. The van der Waals surface area contributed by atoms with E-state index in [-0.39, 0.29) is 5.91 Å². The molecule has 128 valence electrons. The van der Waals surface area contributed by atoms with Crippen molar-refractivity contribution in [1.29, 1.82) is 0 Å². The topological polar surface area (TPSA) is 52.2 Å². The molecule has 25 heavy (non-hydrogen) atoms. The molecule has 0 aliphatic carbocycles. The Hall–Kier alpha value is -2.37. The number of carbonyl (C=O) groups is 1. The number of nitrogens with one attached hydrogen (secondary N) is 1. The Morgan fingerprint density at radius 1 is 1.08 bits per heavy atom. The molecule has 1 N–H and O–H groups in total. The van der Waals surface area contributed by atoms with Gasteiger partial charge >= 0.3 is 0 Å². The van der Waals surface area contributed by atoms with E-state index in [0.717, 1.165) is 36.2 Å². The van der Waals surface area contributed by atoms with Crippen molar-refractivity contribution >= 4 is 28.4 Å². The minimum atomic E-state index is -0.0290. The molecular formula is C19H19ClN4O. The highest BCUT2D eigenvalue weighted by atomic mass is 35.5. The molecule has 0 unspecified atom stereocenters. The van der Waals surface area contributed by atoms with Gasteiger partial charge in [-0.25, -0.2) is 0 Å². The zero-order valence-electron chi connectivity index (χ0n) is 13.8. The SMILES string of the molecule is O=C(c1[nH]c2ccccc2c1Cl)N1CCN(Cc2ccccn2)CC1. The lowest BCUT2D eigenvalue weighted by molar-refractivity contribution is 0.0622. The van der Waals surface area contributed by atoms with Crippen LogP contribution in [0.25, 0.3) is 10.9 Å². The van der Waals surface area contributed by atoms with Crippen LogP contribution in [0.4, 0.5) is 0 Å². The molecule has 1 aliphatic heterocycles. The standard InChI is InChI=1S/C19H19ClN4O/c20-17-15-6-1-2-7-16(15)22-18(17)19(25)24-11-9-23(10-12-24)13-14-5-3-4-8-21-14/h1-8,22H,9-13H2. The number of nitrogens with zero attached hydrogens (tertiary/aromatic N) is 3. The van der Waals surface area contributed by atoms with E-state index in [2.05, 4.69) is 14.9 Å². The van der Waals surface area contributed by atoms with Crippen LogP contribution in [0.1, 0.15) is 16.2 Å². The molecular weight excluding hydrogens is 336 g/mol. The van der Waals surface area contributed by atoms with Gasteiger partial charge in [-0.3, -0.25) is 14.7 Å². The normalized spacial score (nSPS) is 15.6. The molecule has 1 saturated heterocycles.